The Balaban J connectivity index is 1.27. The van der Waals surface area contributed by atoms with E-state index >= 15 is 0 Å². The fourth-order valence-corrected chi connectivity index (χ4v) is 5.39. The van der Waals surface area contributed by atoms with Crippen LogP contribution in [0, 0.1) is 0 Å². The molecule has 0 aromatic heterocycles. The summed E-state index contributed by atoms with van der Waals surface area (Å²) in [6.07, 6.45) is 0.374. The maximum absolute atomic E-state index is 13.3. The lowest BCUT2D eigenvalue weighted by atomic mass is 9.99. The summed E-state index contributed by atoms with van der Waals surface area (Å²) in [6.45, 7) is 0.473. The minimum Gasteiger partial charge on any atom is -0.465 e. The molecule has 9 heteroatoms. The normalized spacial score (nSPS) is 14.3. The molecule has 0 bridgehead atoms. The summed E-state index contributed by atoms with van der Waals surface area (Å²) in [5, 5.41) is 9.08. The van der Waals surface area contributed by atoms with Gasteiger partial charge in [-0.1, -0.05) is 54.6 Å². The molecule has 0 spiro atoms. The van der Waals surface area contributed by atoms with E-state index in [4.69, 9.17) is 4.74 Å². The summed E-state index contributed by atoms with van der Waals surface area (Å²) in [4.78, 5) is 52.5. The Kier molecular flexibility index (Phi) is 7.44. The number of rotatable bonds is 7. The molecule has 2 aliphatic rings. The summed E-state index contributed by atoms with van der Waals surface area (Å²) in [6, 6.07) is 29.2. The number of nitrogens with zero attached hydrogens (tertiary/aromatic N) is 1. The first-order chi connectivity index (χ1) is 20.9. The first kappa shape index (κ1) is 27.5. The molecule has 214 valence electrons. The third-order valence-electron chi connectivity index (χ3n) is 7.41. The van der Waals surface area contributed by atoms with Gasteiger partial charge in [-0.25, -0.2) is 4.79 Å². The van der Waals surface area contributed by atoms with Gasteiger partial charge in [0.05, 0.1) is 29.6 Å². The Morgan fingerprint density at radius 2 is 1.58 bits per heavy atom. The maximum Gasteiger partial charge on any atom is 0.337 e. The van der Waals surface area contributed by atoms with Gasteiger partial charge >= 0.3 is 5.97 Å². The standard InChI is InChI=1S/C34H28N4O5/c1-43-34(42)23-12-14-26-27(19-23)37-33(41)31(26)32(21-8-4-2-5-9-21)36-25-13-15-28-22(18-25)16-17-38(28)30(40)20-29(39)35-24-10-6-3-7-11-24/h2-15,18-19,36H,16-17,20H2,1H3,(H,35,39)(H,37,41)/b32-31-. The van der Waals surface area contributed by atoms with Crippen LogP contribution in [0.5, 0.6) is 0 Å². The van der Waals surface area contributed by atoms with E-state index in [-0.39, 0.29) is 24.1 Å². The van der Waals surface area contributed by atoms with Gasteiger partial charge in [0.2, 0.25) is 11.8 Å². The van der Waals surface area contributed by atoms with Gasteiger partial charge in [-0.15, -0.1) is 0 Å². The maximum atomic E-state index is 13.3. The average molecular weight is 573 g/mol. The zero-order valence-electron chi connectivity index (χ0n) is 23.3. The van der Waals surface area contributed by atoms with Crippen LogP contribution in [0.15, 0.2) is 97.1 Å². The highest BCUT2D eigenvalue weighted by atomic mass is 16.5. The third-order valence-corrected chi connectivity index (χ3v) is 7.41. The smallest absolute Gasteiger partial charge is 0.337 e. The highest BCUT2D eigenvalue weighted by Crippen LogP contribution is 2.39. The molecule has 0 aliphatic carbocycles. The molecule has 0 saturated carbocycles. The van der Waals surface area contributed by atoms with E-state index in [1.54, 1.807) is 35.2 Å². The second-order valence-electron chi connectivity index (χ2n) is 10.2. The van der Waals surface area contributed by atoms with Gasteiger partial charge in [-0.05, 0) is 60.0 Å². The fraction of sp³-hybridized carbons (Fsp3) is 0.118. The van der Waals surface area contributed by atoms with Gasteiger partial charge in [-0.3, -0.25) is 14.4 Å². The molecule has 6 rings (SSSR count). The molecule has 0 fully saturated rings. The number of anilines is 4. The van der Waals surface area contributed by atoms with Crippen molar-refractivity contribution in [3.63, 3.8) is 0 Å². The number of hydrogen-bond acceptors (Lipinski definition) is 6. The van der Waals surface area contributed by atoms with Gasteiger partial charge in [0.25, 0.3) is 5.91 Å². The number of esters is 1. The Hall–Kier alpha value is -5.70. The van der Waals surface area contributed by atoms with Crippen LogP contribution in [-0.2, 0) is 25.5 Å². The molecule has 2 aliphatic heterocycles. The number of ether oxygens (including phenoxy) is 1. The van der Waals surface area contributed by atoms with E-state index in [0.717, 1.165) is 22.5 Å². The Morgan fingerprint density at radius 3 is 2.33 bits per heavy atom. The second kappa shape index (κ2) is 11.7. The molecule has 0 unspecified atom stereocenters. The SMILES string of the molecule is COC(=O)c1ccc2c(c1)NC(=O)/C2=C(\Nc1ccc2c(c1)CCN2C(=O)CC(=O)Nc1ccccc1)c1ccccc1. The van der Waals surface area contributed by atoms with Crippen molar-refractivity contribution >= 4 is 57.7 Å². The van der Waals surface area contributed by atoms with Gasteiger partial charge in [0.1, 0.15) is 6.42 Å². The minimum atomic E-state index is -0.488. The minimum absolute atomic E-state index is 0.259. The molecule has 9 nitrogen and oxygen atoms in total. The number of carbonyl (C=O) groups is 4. The van der Waals surface area contributed by atoms with Gasteiger partial charge < -0.3 is 25.6 Å². The lowest BCUT2D eigenvalue weighted by Gasteiger charge is -2.19. The average Bonchev–Trinajstić information content (AvgIpc) is 3.59. The molecule has 0 saturated heterocycles. The van der Waals surface area contributed by atoms with Crippen molar-refractivity contribution in [1.82, 2.24) is 0 Å². The van der Waals surface area contributed by atoms with Crippen molar-refractivity contribution in [1.29, 1.82) is 0 Å². The molecule has 43 heavy (non-hydrogen) atoms. The number of benzene rings is 4. The van der Waals surface area contributed by atoms with E-state index in [2.05, 4.69) is 16.0 Å². The van der Waals surface area contributed by atoms with Crippen molar-refractivity contribution < 1.29 is 23.9 Å². The van der Waals surface area contributed by atoms with Crippen LogP contribution < -0.4 is 20.9 Å². The largest absolute Gasteiger partial charge is 0.465 e. The van der Waals surface area contributed by atoms with Gasteiger partial charge in [0, 0.05) is 29.2 Å². The third kappa shape index (κ3) is 5.60. The summed E-state index contributed by atoms with van der Waals surface area (Å²) in [5.41, 5.74) is 6.48. The quantitative estimate of drug-likeness (QED) is 0.157. The van der Waals surface area contributed by atoms with Crippen LogP contribution in [0.4, 0.5) is 22.7 Å². The lowest BCUT2D eigenvalue weighted by Crippen LogP contribution is -2.32. The van der Waals surface area contributed by atoms with Crippen LogP contribution >= 0.6 is 0 Å². The topological polar surface area (TPSA) is 117 Å². The van der Waals surface area contributed by atoms with E-state index < -0.39 is 5.97 Å². The van der Waals surface area contributed by atoms with E-state index in [1.165, 1.54) is 7.11 Å². The van der Waals surface area contributed by atoms with E-state index in [1.807, 2.05) is 66.7 Å². The Bertz CT molecular complexity index is 1780. The summed E-state index contributed by atoms with van der Waals surface area (Å²) in [7, 11) is 1.31. The highest BCUT2D eigenvalue weighted by Gasteiger charge is 2.30. The van der Waals surface area contributed by atoms with Crippen LogP contribution in [0.3, 0.4) is 0 Å². The second-order valence-corrected chi connectivity index (χ2v) is 10.2. The molecular formula is C34H28N4O5. The number of nitrogens with one attached hydrogen (secondary N) is 3. The fourth-order valence-electron chi connectivity index (χ4n) is 5.39. The van der Waals surface area contributed by atoms with Crippen molar-refractivity contribution in [2.24, 2.45) is 0 Å². The summed E-state index contributed by atoms with van der Waals surface area (Å²) < 4.78 is 4.83. The molecule has 3 amide bonds. The highest BCUT2D eigenvalue weighted by molar-refractivity contribution is 6.37. The number of amides is 3. The molecular weight excluding hydrogens is 544 g/mol. The Labute approximate surface area is 248 Å². The predicted molar refractivity (Wildman–Crippen MR) is 165 cm³/mol. The zero-order chi connectivity index (χ0) is 29.9. The number of fused-ring (bicyclic) bond motifs is 2. The van der Waals surface area contributed by atoms with Crippen LogP contribution in [0.2, 0.25) is 0 Å². The Morgan fingerprint density at radius 1 is 0.837 bits per heavy atom. The first-order valence-electron chi connectivity index (χ1n) is 13.8. The van der Waals surface area contributed by atoms with Crippen LogP contribution in [0.25, 0.3) is 11.3 Å². The number of methoxy groups -OCH3 is 1. The predicted octanol–water partition coefficient (Wildman–Crippen LogP) is 5.32. The number of hydrogen-bond donors (Lipinski definition) is 3. The molecule has 4 aromatic carbocycles. The van der Waals surface area contributed by atoms with Crippen LogP contribution in [0.1, 0.15) is 33.5 Å². The zero-order valence-corrected chi connectivity index (χ0v) is 23.3. The molecule has 0 radical (unpaired) electrons. The molecule has 0 atom stereocenters. The molecule has 3 N–H and O–H groups in total. The number of carbonyl (C=O) groups excluding carboxylic acids is 4. The molecule has 2 heterocycles. The lowest BCUT2D eigenvalue weighted by molar-refractivity contribution is -0.125. The van der Waals surface area contributed by atoms with Gasteiger partial charge in [0.15, 0.2) is 0 Å². The van der Waals surface area contributed by atoms with Crippen molar-refractivity contribution in [3.05, 3.63) is 119 Å². The van der Waals surface area contributed by atoms with Crippen molar-refractivity contribution in [2.45, 2.75) is 12.8 Å². The number of para-hydroxylation sites is 1. The first-order valence-corrected chi connectivity index (χ1v) is 13.8. The van der Waals surface area contributed by atoms with Crippen LogP contribution in [-0.4, -0.2) is 37.3 Å². The molecule has 4 aromatic rings. The summed E-state index contributed by atoms with van der Waals surface area (Å²) in [5.74, 6) is -1.42. The van der Waals surface area contributed by atoms with Crippen molar-refractivity contribution in [3.8, 4) is 0 Å². The summed E-state index contributed by atoms with van der Waals surface area (Å²) >= 11 is 0. The van der Waals surface area contributed by atoms with E-state index in [0.29, 0.717) is 46.7 Å². The monoisotopic (exact) mass is 572 g/mol. The van der Waals surface area contributed by atoms with Gasteiger partial charge in [-0.2, -0.15) is 0 Å². The van der Waals surface area contributed by atoms with Crippen molar-refractivity contribution in [2.75, 3.05) is 34.5 Å². The van der Waals surface area contributed by atoms with E-state index in [9.17, 15) is 19.2 Å².